The minimum absolute atomic E-state index is 0.337. The van der Waals surface area contributed by atoms with E-state index in [9.17, 15) is 4.79 Å². The number of aliphatic imine (C=N–C) groups is 1. The first kappa shape index (κ1) is 14.6. The fourth-order valence-corrected chi connectivity index (χ4v) is 1.93. The minimum atomic E-state index is -0.337. The average Bonchev–Trinajstić information content (AvgIpc) is 2.93. The molecule has 0 amide bonds. The Labute approximate surface area is 120 Å². The Morgan fingerprint density at radius 1 is 1.25 bits per heavy atom. The summed E-state index contributed by atoms with van der Waals surface area (Å²) in [4.78, 5) is 18.1. The standard InChI is InChI=1S/C16H17N2O2/c1-18(2)11-17-15-10-5-4-7-13(15)12-8-6-9-14(12)16(19)20-3/h4-11H,1-3H3. The van der Waals surface area contributed by atoms with Crippen molar-refractivity contribution in [2.45, 2.75) is 0 Å². The molecule has 5 radical (unpaired) electrons. The van der Waals surface area contributed by atoms with Gasteiger partial charge in [0.25, 0.3) is 0 Å². The first-order valence-corrected chi connectivity index (χ1v) is 6.27. The van der Waals surface area contributed by atoms with Crippen LogP contribution >= 0.6 is 0 Å². The van der Waals surface area contributed by atoms with Crippen LogP contribution in [0.25, 0.3) is 0 Å². The molecule has 4 heteroatoms. The molecule has 0 N–H and O–H groups in total. The van der Waals surface area contributed by atoms with E-state index in [1.54, 1.807) is 12.8 Å². The Balaban J connectivity index is 2.30. The predicted molar refractivity (Wildman–Crippen MR) is 78.8 cm³/mol. The number of esters is 1. The molecule has 0 aromatic heterocycles. The van der Waals surface area contributed by atoms with E-state index in [2.05, 4.69) is 4.99 Å². The lowest BCUT2D eigenvalue weighted by molar-refractivity contribution is -0.137. The number of rotatable bonds is 4. The third-order valence-corrected chi connectivity index (χ3v) is 2.84. The highest BCUT2D eigenvalue weighted by Crippen LogP contribution is 2.42. The van der Waals surface area contributed by atoms with Gasteiger partial charge in [-0.05, 0) is 30.9 Å². The van der Waals surface area contributed by atoms with Gasteiger partial charge in [-0.2, -0.15) is 0 Å². The number of benzene rings is 1. The summed E-state index contributed by atoms with van der Waals surface area (Å²) in [5.74, 6) is 1.06. The normalized spacial score (nSPS) is 16.8. The smallest absolute Gasteiger partial charge is 0.314 e. The Kier molecular flexibility index (Phi) is 4.77. The monoisotopic (exact) mass is 269 g/mol. The number of hydrogen-bond donors (Lipinski definition) is 0. The van der Waals surface area contributed by atoms with Crippen LogP contribution < -0.4 is 0 Å². The van der Waals surface area contributed by atoms with Crippen LogP contribution in [0, 0.1) is 31.1 Å². The van der Waals surface area contributed by atoms with Gasteiger partial charge in [-0.3, -0.25) is 4.79 Å². The van der Waals surface area contributed by atoms with Crippen molar-refractivity contribution in [2.75, 3.05) is 21.2 Å². The molecule has 0 bridgehead atoms. The molecule has 0 atom stereocenters. The highest BCUT2D eigenvalue weighted by atomic mass is 16.5. The largest absolute Gasteiger partial charge is 0.469 e. The van der Waals surface area contributed by atoms with Gasteiger partial charge in [-0.25, -0.2) is 4.99 Å². The predicted octanol–water partition coefficient (Wildman–Crippen LogP) is 2.20. The van der Waals surface area contributed by atoms with E-state index in [0.717, 1.165) is 17.2 Å². The molecule has 0 aliphatic heterocycles. The van der Waals surface area contributed by atoms with Crippen molar-refractivity contribution in [3.8, 4) is 0 Å². The highest BCUT2D eigenvalue weighted by Gasteiger charge is 2.37. The molecule has 1 aromatic rings. The fourth-order valence-electron chi connectivity index (χ4n) is 1.93. The van der Waals surface area contributed by atoms with Gasteiger partial charge in [0, 0.05) is 20.0 Å². The molecule has 20 heavy (non-hydrogen) atoms. The minimum Gasteiger partial charge on any atom is -0.469 e. The van der Waals surface area contributed by atoms with E-state index in [-0.39, 0.29) is 5.97 Å². The van der Waals surface area contributed by atoms with Gasteiger partial charge in [-0.1, -0.05) is 18.2 Å². The number of nitrogens with zero attached hydrogens (tertiary/aromatic N) is 2. The first-order valence-electron chi connectivity index (χ1n) is 6.27. The lowest BCUT2D eigenvalue weighted by atomic mass is 9.88. The summed E-state index contributed by atoms with van der Waals surface area (Å²) in [6.45, 7) is 0. The average molecular weight is 269 g/mol. The Bertz CT molecular complexity index is 497. The molecule has 1 fully saturated rings. The molecule has 0 saturated heterocycles. The maximum absolute atomic E-state index is 11.8. The van der Waals surface area contributed by atoms with Crippen LogP contribution in [0.5, 0.6) is 0 Å². The van der Waals surface area contributed by atoms with Crippen molar-refractivity contribution in [3.05, 3.63) is 60.9 Å². The summed E-state index contributed by atoms with van der Waals surface area (Å²) in [5, 5.41) is 0. The zero-order valence-corrected chi connectivity index (χ0v) is 11.8. The van der Waals surface area contributed by atoms with Gasteiger partial charge >= 0.3 is 5.97 Å². The van der Waals surface area contributed by atoms with E-state index in [1.165, 1.54) is 7.11 Å². The SMILES string of the molecule is COC(=O)[C]1[CH][CH][CH][C]1c1ccccc1N=CN(C)C. The van der Waals surface area contributed by atoms with Crippen molar-refractivity contribution < 1.29 is 9.53 Å². The van der Waals surface area contributed by atoms with Crippen LogP contribution in [-0.2, 0) is 9.53 Å². The molecule has 0 unspecified atom stereocenters. The van der Waals surface area contributed by atoms with Crippen molar-refractivity contribution in [1.82, 2.24) is 4.90 Å². The molecule has 2 rings (SSSR count). The second kappa shape index (κ2) is 6.55. The molecule has 1 aliphatic rings. The summed E-state index contributed by atoms with van der Waals surface area (Å²) >= 11 is 0. The number of para-hydroxylation sites is 1. The molecule has 0 spiro atoms. The second-order valence-corrected chi connectivity index (χ2v) is 4.57. The van der Waals surface area contributed by atoms with Crippen molar-refractivity contribution in [1.29, 1.82) is 0 Å². The zero-order chi connectivity index (χ0) is 14.5. The van der Waals surface area contributed by atoms with E-state index < -0.39 is 0 Å². The van der Waals surface area contributed by atoms with E-state index in [4.69, 9.17) is 4.74 Å². The summed E-state index contributed by atoms with van der Waals surface area (Å²) in [7, 11) is 5.21. The van der Waals surface area contributed by atoms with Crippen molar-refractivity contribution >= 4 is 18.0 Å². The Morgan fingerprint density at radius 3 is 2.70 bits per heavy atom. The van der Waals surface area contributed by atoms with E-state index >= 15 is 0 Å². The third kappa shape index (κ3) is 3.18. The second-order valence-electron chi connectivity index (χ2n) is 4.57. The lowest BCUT2D eigenvalue weighted by Crippen LogP contribution is -2.18. The molecule has 4 nitrogen and oxygen atoms in total. The molecule has 1 saturated carbocycles. The molecular weight excluding hydrogens is 252 g/mol. The quantitative estimate of drug-likeness (QED) is 0.478. The fraction of sp³-hybridized carbons (Fsp3) is 0.188. The molecule has 103 valence electrons. The van der Waals surface area contributed by atoms with Crippen LogP contribution in [0.2, 0.25) is 0 Å². The maximum atomic E-state index is 11.8. The molecule has 0 heterocycles. The van der Waals surface area contributed by atoms with Gasteiger partial charge in [0.2, 0.25) is 0 Å². The molecule has 1 aromatic carbocycles. The number of hydrogen-bond acceptors (Lipinski definition) is 3. The van der Waals surface area contributed by atoms with Crippen LogP contribution in [0.3, 0.4) is 0 Å². The van der Waals surface area contributed by atoms with Gasteiger partial charge in [0.1, 0.15) is 0 Å². The molecular formula is C16H17N2O2. The first-order chi connectivity index (χ1) is 9.63. The van der Waals surface area contributed by atoms with Crippen LogP contribution in [0.1, 0.15) is 5.56 Å². The number of ether oxygens (including phenoxy) is 1. The summed E-state index contributed by atoms with van der Waals surface area (Å²) < 4.78 is 4.81. The summed E-state index contributed by atoms with van der Waals surface area (Å²) in [6, 6.07) is 7.72. The Hall–Kier alpha value is -1.84. The number of carbonyl (C=O) groups is 1. The molecule has 1 aliphatic carbocycles. The maximum Gasteiger partial charge on any atom is 0.314 e. The van der Waals surface area contributed by atoms with Crippen molar-refractivity contribution in [3.63, 3.8) is 0 Å². The van der Waals surface area contributed by atoms with Gasteiger partial charge < -0.3 is 9.64 Å². The van der Waals surface area contributed by atoms with Crippen molar-refractivity contribution in [2.24, 2.45) is 4.99 Å². The topological polar surface area (TPSA) is 41.9 Å². The summed E-state index contributed by atoms with van der Waals surface area (Å²) in [6.07, 6.45) is 7.23. The highest BCUT2D eigenvalue weighted by molar-refractivity contribution is 5.95. The van der Waals surface area contributed by atoms with Crippen LogP contribution in [0.15, 0.2) is 29.3 Å². The van der Waals surface area contributed by atoms with Crippen LogP contribution in [-0.4, -0.2) is 38.4 Å². The van der Waals surface area contributed by atoms with Crippen LogP contribution in [0.4, 0.5) is 5.69 Å². The van der Waals surface area contributed by atoms with Gasteiger partial charge in [0.15, 0.2) is 0 Å². The van der Waals surface area contributed by atoms with Gasteiger partial charge in [0.05, 0.1) is 25.1 Å². The lowest BCUT2D eigenvalue weighted by Gasteiger charge is -2.18. The number of carbonyl (C=O) groups excluding carboxylic acids is 1. The van der Waals surface area contributed by atoms with E-state index in [0.29, 0.717) is 5.92 Å². The third-order valence-electron chi connectivity index (χ3n) is 2.84. The van der Waals surface area contributed by atoms with Gasteiger partial charge in [-0.15, -0.1) is 0 Å². The Morgan fingerprint density at radius 2 is 2.00 bits per heavy atom. The van der Waals surface area contributed by atoms with E-state index in [1.807, 2.05) is 56.1 Å². The zero-order valence-electron chi connectivity index (χ0n) is 11.8. The summed E-state index contributed by atoms with van der Waals surface area (Å²) in [5.41, 5.74) is 1.73. The number of methoxy groups -OCH3 is 1.